The Morgan fingerprint density at radius 3 is 2.62 bits per heavy atom. The first-order valence-corrected chi connectivity index (χ1v) is 7.15. The van der Waals surface area contributed by atoms with Gasteiger partial charge >= 0.3 is 0 Å². The second kappa shape index (κ2) is 7.09. The van der Waals surface area contributed by atoms with E-state index < -0.39 is 0 Å². The number of hydrogen-bond acceptors (Lipinski definition) is 4. The van der Waals surface area contributed by atoms with E-state index >= 15 is 0 Å². The lowest BCUT2D eigenvalue weighted by Gasteiger charge is -2.27. The van der Waals surface area contributed by atoms with E-state index in [1.165, 1.54) is 5.56 Å². The van der Waals surface area contributed by atoms with Crippen molar-refractivity contribution in [3.63, 3.8) is 0 Å². The van der Waals surface area contributed by atoms with E-state index in [4.69, 9.17) is 10.5 Å². The number of likely N-dealkylation sites (N-methyl/N-ethyl adjacent to an activating group) is 1. The monoisotopic (exact) mass is 285 g/mol. The Kier molecular flexibility index (Phi) is 5.17. The SMILES string of the molecule is COc1ccccc1CC(C)N(C)c1ccc(CN)nc1. The second-order valence-corrected chi connectivity index (χ2v) is 5.19. The first-order valence-electron chi connectivity index (χ1n) is 7.15. The molecule has 1 atom stereocenters. The lowest BCUT2D eigenvalue weighted by Crippen LogP contribution is -2.31. The van der Waals surface area contributed by atoms with Crippen LogP contribution < -0.4 is 15.4 Å². The normalized spacial score (nSPS) is 12.0. The van der Waals surface area contributed by atoms with Gasteiger partial charge in [0.15, 0.2) is 0 Å². The van der Waals surface area contributed by atoms with Gasteiger partial charge in [0.05, 0.1) is 24.7 Å². The molecule has 0 aliphatic rings. The summed E-state index contributed by atoms with van der Waals surface area (Å²) in [5.41, 5.74) is 8.79. The minimum absolute atomic E-state index is 0.340. The number of methoxy groups -OCH3 is 1. The number of benzene rings is 1. The van der Waals surface area contributed by atoms with Crippen LogP contribution in [-0.2, 0) is 13.0 Å². The highest BCUT2D eigenvalue weighted by Crippen LogP contribution is 2.22. The molecule has 0 saturated carbocycles. The van der Waals surface area contributed by atoms with Gasteiger partial charge in [0.2, 0.25) is 0 Å². The van der Waals surface area contributed by atoms with Crippen LogP contribution in [-0.4, -0.2) is 25.2 Å². The number of nitrogens with two attached hydrogens (primary N) is 1. The molecule has 2 rings (SSSR count). The lowest BCUT2D eigenvalue weighted by molar-refractivity contribution is 0.408. The zero-order valence-corrected chi connectivity index (χ0v) is 12.9. The van der Waals surface area contributed by atoms with E-state index in [2.05, 4.69) is 36.0 Å². The van der Waals surface area contributed by atoms with Crippen molar-refractivity contribution in [1.29, 1.82) is 0 Å². The van der Waals surface area contributed by atoms with Crippen molar-refractivity contribution in [2.75, 3.05) is 19.1 Å². The molecule has 0 fully saturated rings. The molecular formula is C17H23N3O. The topological polar surface area (TPSA) is 51.4 Å². The van der Waals surface area contributed by atoms with Crippen LogP contribution >= 0.6 is 0 Å². The Morgan fingerprint density at radius 2 is 2.00 bits per heavy atom. The summed E-state index contributed by atoms with van der Waals surface area (Å²) in [5.74, 6) is 0.939. The van der Waals surface area contributed by atoms with Crippen LogP contribution in [0.3, 0.4) is 0 Å². The molecule has 2 aromatic rings. The molecule has 0 radical (unpaired) electrons. The molecule has 2 N–H and O–H groups in total. The molecule has 1 unspecified atom stereocenters. The number of rotatable bonds is 6. The van der Waals surface area contributed by atoms with Gasteiger partial charge in [-0.05, 0) is 37.1 Å². The maximum Gasteiger partial charge on any atom is 0.122 e. The van der Waals surface area contributed by atoms with E-state index in [0.29, 0.717) is 12.6 Å². The highest BCUT2D eigenvalue weighted by Gasteiger charge is 2.13. The highest BCUT2D eigenvalue weighted by atomic mass is 16.5. The van der Waals surface area contributed by atoms with Gasteiger partial charge in [-0.3, -0.25) is 4.98 Å². The zero-order chi connectivity index (χ0) is 15.2. The molecule has 112 valence electrons. The van der Waals surface area contributed by atoms with Crippen molar-refractivity contribution in [2.24, 2.45) is 5.73 Å². The first-order chi connectivity index (χ1) is 10.2. The fourth-order valence-corrected chi connectivity index (χ4v) is 2.33. The molecule has 21 heavy (non-hydrogen) atoms. The Morgan fingerprint density at radius 1 is 1.24 bits per heavy atom. The molecule has 1 aromatic heterocycles. The lowest BCUT2D eigenvalue weighted by atomic mass is 10.0. The fourth-order valence-electron chi connectivity index (χ4n) is 2.33. The zero-order valence-electron chi connectivity index (χ0n) is 12.9. The van der Waals surface area contributed by atoms with Crippen LogP contribution in [0.15, 0.2) is 42.6 Å². The molecule has 0 saturated heterocycles. The smallest absolute Gasteiger partial charge is 0.122 e. The van der Waals surface area contributed by atoms with Crippen LogP contribution in [0.2, 0.25) is 0 Å². The first kappa shape index (κ1) is 15.3. The minimum atomic E-state index is 0.340. The third-order valence-electron chi connectivity index (χ3n) is 3.79. The van der Waals surface area contributed by atoms with Gasteiger partial charge in [-0.15, -0.1) is 0 Å². The summed E-state index contributed by atoms with van der Waals surface area (Å²) in [4.78, 5) is 6.57. The predicted molar refractivity (Wildman–Crippen MR) is 86.7 cm³/mol. The highest BCUT2D eigenvalue weighted by molar-refractivity contribution is 5.45. The summed E-state index contributed by atoms with van der Waals surface area (Å²) in [6, 6.07) is 12.5. The van der Waals surface area contributed by atoms with Crippen molar-refractivity contribution >= 4 is 5.69 Å². The molecule has 0 aliphatic heterocycles. The number of ether oxygens (including phenoxy) is 1. The Bertz CT molecular complexity index is 569. The molecule has 0 aliphatic carbocycles. The van der Waals surface area contributed by atoms with Gasteiger partial charge in [-0.25, -0.2) is 0 Å². The van der Waals surface area contributed by atoms with Crippen molar-refractivity contribution < 1.29 is 4.74 Å². The number of nitrogens with zero attached hydrogens (tertiary/aromatic N) is 2. The van der Waals surface area contributed by atoms with Crippen LogP contribution in [0.5, 0.6) is 5.75 Å². The Labute approximate surface area is 126 Å². The van der Waals surface area contributed by atoms with E-state index in [1.54, 1.807) is 7.11 Å². The average molecular weight is 285 g/mol. The average Bonchev–Trinajstić information content (AvgIpc) is 2.54. The Balaban J connectivity index is 2.09. The summed E-state index contributed by atoms with van der Waals surface area (Å²) < 4.78 is 5.42. The summed E-state index contributed by atoms with van der Waals surface area (Å²) >= 11 is 0. The molecule has 0 spiro atoms. The van der Waals surface area contributed by atoms with E-state index in [-0.39, 0.29) is 0 Å². The maximum atomic E-state index is 5.58. The van der Waals surface area contributed by atoms with Crippen LogP contribution in [0.25, 0.3) is 0 Å². The molecule has 4 nitrogen and oxygen atoms in total. The van der Waals surface area contributed by atoms with Crippen LogP contribution in [0.4, 0.5) is 5.69 Å². The van der Waals surface area contributed by atoms with Gasteiger partial charge in [0, 0.05) is 19.6 Å². The number of hydrogen-bond donors (Lipinski definition) is 1. The van der Waals surface area contributed by atoms with Crippen LogP contribution in [0.1, 0.15) is 18.2 Å². The third kappa shape index (κ3) is 3.73. The van der Waals surface area contributed by atoms with Gasteiger partial charge < -0.3 is 15.4 Å². The van der Waals surface area contributed by atoms with E-state index in [9.17, 15) is 0 Å². The molecule has 4 heteroatoms. The quantitative estimate of drug-likeness (QED) is 0.886. The van der Waals surface area contributed by atoms with Gasteiger partial charge in [-0.1, -0.05) is 18.2 Å². The van der Waals surface area contributed by atoms with Crippen molar-refractivity contribution in [1.82, 2.24) is 4.98 Å². The standard InChI is InChI=1S/C17H23N3O/c1-13(10-14-6-4-5-7-17(14)21-3)20(2)16-9-8-15(11-18)19-12-16/h4-9,12-13H,10-11,18H2,1-3H3. The predicted octanol–water partition coefficient (Wildman–Crippen LogP) is 2.62. The number of para-hydroxylation sites is 1. The van der Waals surface area contributed by atoms with Gasteiger partial charge in [0.25, 0.3) is 0 Å². The number of aromatic nitrogens is 1. The summed E-state index contributed by atoms with van der Waals surface area (Å²) in [6.07, 6.45) is 2.79. The molecule has 0 bridgehead atoms. The van der Waals surface area contributed by atoms with E-state index in [1.807, 2.05) is 30.5 Å². The molecule has 1 heterocycles. The molecular weight excluding hydrogens is 262 g/mol. The van der Waals surface area contributed by atoms with Crippen molar-refractivity contribution in [2.45, 2.75) is 25.9 Å². The van der Waals surface area contributed by atoms with Crippen molar-refractivity contribution in [3.8, 4) is 5.75 Å². The minimum Gasteiger partial charge on any atom is -0.496 e. The van der Waals surface area contributed by atoms with Gasteiger partial charge in [0.1, 0.15) is 5.75 Å². The van der Waals surface area contributed by atoms with Crippen molar-refractivity contribution in [3.05, 3.63) is 53.9 Å². The summed E-state index contributed by atoms with van der Waals surface area (Å²) in [7, 11) is 3.79. The fraction of sp³-hybridized carbons (Fsp3) is 0.353. The van der Waals surface area contributed by atoms with Crippen LogP contribution in [0, 0.1) is 0 Å². The maximum absolute atomic E-state index is 5.58. The van der Waals surface area contributed by atoms with Gasteiger partial charge in [-0.2, -0.15) is 0 Å². The summed E-state index contributed by atoms with van der Waals surface area (Å²) in [6.45, 7) is 2.67. The molecule has 0 amide bonds. The summed E-state index contributed by atoms with van der Waals surface area (Å²) in [5, 5.41) is 0. The number of pyridine rings is 1. The largest absolute Gasteiger partial charge is 0.496 e. The molecule has 1 aromatic carbocycles. The third-order valence-corrected chi connectivity index (χ3v) is 3.79. The Hall–Kier alpha value is -2.07. The van der Waals surface area contributed by atoms with E-state index in [0.717, 1.165) is 23.6 Å². The number of anilines is 1. The second-order valence-electron chi connectivity index (χ2n) is 5.19.